The highest BCUT2D eigenvalue weighted by Gasteiger charge is 2.23. The Morgan fingerprint density at radius 1 is 0.893 bits per heavy atom. The van der Waals surface area contributed by atoms with Crippen LogP contribution in [0.25, 0.3) is 6.08 Å². The lowest BCUT2D eigenvalue weighted by Gasteiger charge is -2.24. The number of rotatable bonds is 8. The Morgan fingerprint density at radius 3 is 2.11 bits per heavy atom. The van der Waals surface area contributed by atoms with Crippen LogP contribution in [0.4, 0.5) is 5.69 Å². The van der Waals surface area contributed by atoms with Crippen LogP contribution in [0, 0.1) is 6.92 Å². The van der Waals surface area contributed by atoms with Crippen LogP contribution < -0.4 is 5.32 Å². The second-order valence-electron chi connectivity index (χ2n) is 6.62. The lowest BCUT2D eigenvalue weighted by molar-refractivity contribution is 0.673. The maximum absolute atomic E-state index is 13.3. The van der Waals surface area contributed by atoms with Crippen molar-refractivity contribution in [3.05, 3.63) is 115 Å². The van der Waals surface area contributed by atoms with E-state index in [1.165, 1.54) is 0 Å². The summed E-state index contributed by atoms with van der Waals surface area (Å²) in [5, 5.41) is 3.24. The van der Waals surface area contributed by atoms with Crippen molar-refractivity contribution in [1.29, 1.82) is 0 Å². The van der Waals surface area contributed by atoms with Gasteiger partial charge in [0.05, 0.1) is 22.1 Å². The first-order chi connectivity index (χ1) is 13.7. The molecule has 0 aliphatic rings. The topological polar surface area (TPSA) is 29.1 Å². The number of benzene rings is 3. The summed E-state index contributed by atoms with van der Waals surface area (Å²) in [6.45, 7) is 6.00. The molecule has 0 fully saturated rings. The summed E-state index contributed by atoms with van der Waals surface area (Å²) in [5.41, 5.74) is 3.24. The Hall–Kier alpha value is -2.91. The highest BCUT2D eigenvalue weighted by Crippen LogP contribution is 2.20. The molecule has 142 valence electrons. The summed E-state index contributed by atoms with van der Waals surface area (Å²) in [4.78, 5) is 0.809. The number of hydrogen-bond donors (Lipinski definition) is 1. The lowest BCUT2D eigenvalue weighted by atomic mass is 10.1. The molecule has 1 N–H and O–H groups in total. The minimum atomic E-state index is -1.22. The van der Waals surface area contributed by atoms with Crippen molar-refractivity contribution >= 4 is 22.6 Å². The number of anilines is 1. The lowest BCUT2D eigenvalue weighted by Crippen LogP contribution is -2.33. The molecule has 3 unspecified atom stereocenters. The van der Waals surface area contributed by atoms with Crippen molar-refractivity contribution < 1.29 is 4.21 Å². The highest BCUT2D eigenvalue weighted by molar-refractivity contribution is 7.86. The molecule has 0 saturated carbocycles. The van der Waals surface area contributed by atoms with Gasteiger partial charge in [-0.2, -0.15) is 0 Å². The van der Waals surface area contributed by atoms with Crippen molar-refractivity contribution in [1.82, 2.24) is 0 Å². The zero-order chi connectivity index (χ0) is 19.8. The van der Waals surface area contributed by atoms with Gasteiger partial charge in [0.1, 0.15) is 0 Å². The average molecular weight is 388 g/mol. The Kier molecular flexibility index (Phi) is 6.99. The Morgan fingerprint density at radius 2 is 1.50 bits per heavy atom. The van der Waals surface area contributed by atoms with Crippen molar-refractivity contribution in [2.45, 2.75) is 23.1 Å². The zero-order valence-electron chi connectivity index (χ0n) is 16.0. The minimum absolute atomic E-state index is 0.165. The maximum Gasteiger partial charge on any atom is 0.0809 e. The monoisotopic (exact) mass is 387 g/mol. The molecule has 0 spiro atoms. The first kappa shape index (κ1) is 19.8. The molecule has 0 radical (unpaired) electrons. The summed E-state index contributed by atoms with van der Waals surface area (Å²) in [6.07, 6.45) is 5.91. The summed E-state index contributed by atoms with van der Waals surface area (Å²) in [6, 6.07) is 27.8. The summed E-state index contributed by atoms with van der Waals surface area (Å²) >= 11 is 0. The van der Waals surface area contributed by atoms with Gasteiger partial charge >= 0.3 is 0 Å². The van der Waals surface area contributed by atoms with Crippen LogP contribution >= 0.6 is 0 Å². The van der Waals surface area contributed by atoms with Gasteiger partial charge < -0.3 is 5.32 Å². The van der Waals surface area contributed by atoms with E-state index in [0.717, 1.165) is 21.7 Å². The van der Waals surface area contributed by atoms with Crippen LogP contribution in [-0.2, 0) is 10.8 Å². The minimum Gasteiger partial charge on any atom is -0.377 e. The van der Waals surface area contributed by atoms with E-state index in [1.807, 2.05) is 79.7 Å². The second kappa shape index (κ2) is 9.86. The van der Waals surface area contributed by atoms with Gasteiger partial charge in [-0.15, -0.1) is 6.58 Å². The molecule has 0 aliphatic heterocycles. The third-order valence-electron chi connectivity index (χ3n) is 4.49. The van der Waals surface area contributed by atoms with Crippen LogP contribution in [-0.4, -0.2) is 15.5 Å². The third-order valence-corrected chi connectivity index (χ3v) is 6.21. The first-order valence-corrected chi connectivity index (χ1v) is 10.5. The SMILES string of the molecule is C=CC(C(C=Cc1ccccc1)Nc1ccccc1)S(=O)c1ccc(C)cc1. The summed E-state index contributed by atoms with van der Waals surface area (Å²) < 4.78 is 13.3. The number of para-hydroxylation sites is 1. The quantitative estimate of drug-likeness (QED) is 0.491. The van der Waals surface area contributed by atoms with Gasteiger partial charge in [0, 0.05) is 10.6 Å². The van der Waals surface area contributed by atoms with Crippen LogP contribution in [0.5, 0.6) is 0 Å². The Bertz CT molecular complexity index is 933. The number of aryl methyl sites for hydroxylation is 1. The zero-order valence-corrected chi connectivity index (χ0v) is 16.8. The molecule has 2 nitrogen and oxygen atoms in total. The van der Waals surface area contributed by atoms with Gasteiger partial charge in [0.15, 0.2) is 0 Å². The van der Waals surface area contributed by atoms with Crippen molar-refractivity contribution in [2.24, 2.45) is 0 Å². The largest absolute Gasteiger partial charge is 0.377 e. The van der Waals surface area contributed by atoms with E-state index < -0.39 is 10.8 Å². The van der Waals surface area contributed by atoms with Crippen LogP contribution in [0.3, 0.4) is 0 Å². The Balaban J connectivity index is 1.90. The fourth-order valence-electron chi connectivity index (χ4n) is 2.94. The van der Waals surface area contributed by atoms with Crippen LogP contribution in [0.15, 0.2) is 109 Å². The molecule has 0 aromatic heterocycles. The average Bonchev–Trinajstić information content (AvgIpc) is 2.74. The van der Waals surface area contributed by atoms with Gasteiger partial charge in [-0.05, 0) is 36.8 Å². The molecule has 3 aromatic rings. The van der Waals surface area contributed by atoms with Gasteiger partial charge in [-0.1, -0.05) is 84.5 Å². The molecule has 0 amide bonds. The van der Waals surface area contributed by atoms with Gasteiger partial charge in [-0.3, -0.25) is 4.21 Å². The van der Waals surface area contributed by atoms with E-state index in [4.69, 9.17) is 0 Å². The van der Waals surface area contributed by atoms with E-state index >= 15 is 0 Å². The molecule has 0 saturated heterocycles. The van der Waals surface area contributed by atoms with E-state index in [0.29, 0.717) is 0 Å². The smallest absolute Gasteiger partial charge is 0.0809 e. The van der Waals surface area contributed by atoms with Crippen molar-refractivity contribution in [3.8, 4) is 0 Å². The number of nitrogens with one attached hydrogen (secondary N) is 1. The summed E-state index contributed by atoms with van der Waals surface area (Å²) in [7, 11) is -1.22. The first-order valence-electron chi connectivity index (χ1n) is 9.32. The van der Waals surface area contributed by atoms with E-state index in [2.05, 4.69) is 36.2 Å². The molecule has 3 aromatic carbocycles. The van der Waals surface area contributed by atoms with E-state index in [9.17, 15) is 4.21 Å². The third kappa shape index (κ3) is 5.30. The molecule has 3 atom stereocenters. The fourth-order valence-corrected chi connectivity index (χ4v) is 4.26. The van der Waals surface area contributed by atoms with Crippen LogP contribution in [0.2, 0.25) is 0 Å². The van der Waals surface area contributed by atoms with Gasteiger partial charge in [0.25, 0.3) is 0 Å². The maximum atomic E-state index is 13.3. The predicted molar refractivity (Wildman–Crippen MR) is 121 cm³/mol. The fraction of sp³-hybridized carbons (Fsp3) is 0.120. The van der Waals surface area contributed by atoms with Crippen LogP contribution in [0.1, 0.15) is 11.1 Å². The molecule has 3 heteroatoms. The summed E-state index contributed by atoms with van der Waals surface area (Å²) in [5.74, 6) is 0. The van der Waals surface area contributed by atoms with Gasteiger partial charge in [0.2, 0.25) is 0 Å². The molecule has 3 rings (SSSR count). The number of hydrogen-bond acceptors (Lipinski definition) is 2. The molecule has 0 bridgehead atoms. The molecule has 0 heterocycles. The second-order valence-corrected chi connectivity index (χ2v) is 8.23. The highest BCUT2D eigenvalue weighted by atomic mass is 32.2. The molecular formula is C25H25NOS. The normalized spacial score (nSPS) is 14.3. The van der Waals surface area contributed by atoms with Crippen molar-refractivity contribution in [2.75, 3.05) is 5.32 Å². The Labute approximate surface area is 170 Å². The van der Waals surface area contributed by atoms with E-state index in [-0.39, 0.29) is 11.3 Å². The standard InChI is InChI=1S/C25H25NOS/c1-3-25(28(27)23-17-14-20(2)15-18-23)24(26-22-12-8-5-9-13-22)19-16-21-10-6-4-7-11-21/h3-19,24-26H,1H2,2H3. The molecular weight excluding hydrogens is 362 g/mol. The molecule has 28 heavy (non-hydrogen) atoms. The molecule has 0 aliphatic carbocycles. The van der Waals surface area contributed by atoms with E-state index in [1.54, 1.807) is 6.08 Å². The van der Waals surface area contributed by atoms with Gasteiger partial charge in [-0.25, -0.2) is 0 Å². The predicted octanol–water partition coefficient (Wildman–Crippen LogP) is 5.85. The van der Waals surface area contributed by atoms with Crippen molar-refractivity contribution in [3.63, 3.8) is 0 Å².